The van der Waals surface area contributed by atoms with Crippen LogP contribution in [0.5, 0.6) is 0 Å². The van der Waals surface area contributed by atoms with Crippen LogP contribution in [0.2, 0.25) is 0 Å². The van der Waals surface area contributed by atoms with E-state index in [1.807, 2.05) is 31.2 Å². The zero-order chi connectivity index (χ0) is 12.3. The molecule has 1 fully saturated rings. The van der Waals surface area contributed by atoms with Gasteiger partial charge < -0.3 is 15.0 Å². The minimum Gasteiger partial charge on any atom is -0.375 e. The first kappa shape index (κ1) is 12.4. The second-order valence-corrected chi connectivity index (χ2v) is 4.89. The molecule has 1 atom stereocenters. The molecule has 0 saturated carbocycles. The van der Waals surface area contributed by atoms with Crippen molar-refractivity contribution in [1.82, 2.24) is 4.90 Å². The number of hydrogen-bond acceptors (Lipinski definition) is 2. The third-order valence-electron chi connectivity index (χ3n) is 2.64. The molecule has 2 amide bonds. The number of carbonyl (C=O) groups excluding carboxylic acids is 1. The van der Waals surface area contributed by atoms with Crippen molar-refractivity contribution in [2.75, 3.05) is 25.0 Å². The number of nitrogens with zero attached hydrogens (tertiary/aromatic N) is 1. The second kappa shape index (κ2) is 5.51. The van der Waals surface area contributed by atoms with Crippen molar-refractivity contribution in [2.45, 2.75) is 13.0 Å². The number of halogens is 1. The van der Waals surface area contributed by atoms with E-state index in [-0.39, 0.29) is 12.1 Å². The predicted molar refractivity (Wildman–Crippen MR) is 70.1 cm³/mol. The van der Waals surface area contributed by atoms with Gasteiger partial charge in [0.15, 0.2) is 0 Å². The van der Waals surface area contributed by atoms with E-state index in [0.29, 0.717) is 19.7 Å². The smallest absolute Gasteiger partial charge is 0.322 e. The molecule has 0 aromatic heterocycles. The zero-order valence-electron chi connectivity index (χ0n) is 9.65. The van der Waals surface area contributed by atoms with Crippen molar-refractivity contribution in [3.05, 3.63) is 28.7 Å². The molecule has 0 radical (unpaired) electrons. The van der Waals surface area contributed by atoms with Gasteiger partial charge in [-0.3, -0.25) is 0 Å². The van der Waals surface area contributed by atoms with Gasteiger partial charge in [0.25, 0.3) is 0 Å². The van der Waals surface area contributed by atoms with Crippen LogP contribution in [0, 0.1) is 0 Å². The standard InChI is InChI=1S/C12H15BrN2O2/c1-9-8-15(6-7-17-9)12(16)14-11-5-3-2-4-10(11)13/h2-5,9H,6-8H2,1H3,(H,14,16). The molecule has 4 nitrogen and oxygen atoms in total. The van der Waals surface area contributed by atoms with Gasteiger partial charge in [-0.1, -0.05) is 12.1 Å². The molecule has 1 aromatic carbocycles. The Kier molecular flexibility index (Phi) is 4.02. The Morgan fingerprint density at radius 3 is 3.00 bits per heavy atom. The summed E-state index contributed by atoms with van der Waals surface area (Å²) in [6.07, 6.45) is 0.105. The van der Waals surface area contributed by atoms with Gasteiger partial charge in [-0.05, 0) is 35.0 Å². The summed E-state index contributed by atoms with van der Waals surface area (Å²) >= 11 is 3.40. The topological polar surface area (TPSA) is 41.6 Å². The summed E-state index contributed by atoms with van der Waals surface area (Å²) in [5.74, 6) is 0. The lowest BCUT2D eigenvalue weighted by molar-refractivity contribution is -0.00138. The molecule has 2 rings (SSSR count). The van der Waals surface area contributed by atoms with E-state index in [0.717, 1.165) is 10.2 Å². The summed E-state index contributed by atoms with van der Waals surface area (Å²) in [7, 11) is 0. The van der Waals surface area contributed by atoms with Gasteiger partial charge in [-0.25, -0.2) is 4.79 Å². The third-order valence-corrected chi connectivity index (χ3v) is 3.34. The fourth-order valence-electron chi connectivity index (χ4n) is 1.76. The molecule has 92 valence electrons. The van der Waals surface area contributed by atoms with Gasteiger partial charge in [0.1, 0.15) is 0 Å². The Labute approximate surface area is 109 Å². The second-order valence-electron chi connectivity index (χ2n) is 4.04. The molecular weight excluding hydrogens is 284 g/mol. The first-order chi connectivity index (χ1) is 8.16. The fourth-order valence-corrected chi connectivity index (χ4v) is 2.14. The molecule has 0 spiro atoms. The highest BCUT2D eigenvalue weighted by molar-refractivity contribution is 9.10. The molecule has 1 aromatic rings. The molecule has 5 heteroatoms. The van der Waals surface area contributed by atoms with Crippen LogP contribution in [0.15, 0.2) is 28.7 Å². The van der Waals surface area contributed by atoms with Gasteiger partial charge in [0.2, 0.25) is 0 Å². The monoisotopic (exact) mass is 298 g/mol. The van der Waals surface area contributed by atoms with Crippen LogP contribution < -0.4 is 5.32 Å². The Hall–Kier alpha value is -1.07. The number of benzene rings is 1. The van der Waals surface area contributed by atoms with Gasteiger partial charge in [0, 0.05) is 17.6 Å². The van der Waals surface area contributed by atoms with Crippen LogP contribution in [-0.4, -0.2) is 36.7 Å². The summed E-state index contributed by atoms with van der Waals surface area (Å²) < 4.78 is 6.29. The fraction of sp³-hybridized carbons (Fsp3) is 0.417. The first-order valence-electron chi connectivity index (χ1n) is 5.59. The van der Waals surface area contributed by atoms with Crippen molar-refractivity contribution < 1.29 is 9.53 Å². The van der Waals surface area contributed by atoms with Crippen LogP contribution >= 0.6 is 15.9 Å². The maximum absolute atomic E-state index is 12.0. The highest BCUT2D eigenvalue weighted by atomic mass is 79.9. The molecule has 1 heterocycles. The molecular formula is C12H15BrN2O2. The summed E-state index contributed by atoms with van der Waals surface area (Å²) in [6.45, 7) is 3.85. The molecule has 0 bridgehead atoms. The number of urea groups is 1. The van der Waals surface area contributed by atoms with Gasteiger partial charge in [0.05, 0.1) is 18.4 Å². The Morgan fingerprint density at radius 2 is 2.29 bits per heavy atom. The lowest BCUT2D eigenvalue weighted by atomic mass is 10.3. The third kappa shape index (κ3) is 3.20. The Balaban J connectivity index is 1.99. The van der Waals surface area contributed by atoms with Crippen molar-refractivity contribution in [2.24, 2.45) is 0 Å². The van der Waals surface area contributed by atoms with E-state index in [1.54, 1.807) is 4.90 Å². The van der Waals surface area contributed by atoms with Crippen LogP contribution in [0.1, 0.15) is 6.92 Å². The summed E-state index contributed by atoms with van der Waals surface area (Å²) in [6, 6.07) is 7.49. The largest absolute Gasteiger partial charge is 0.375 e. The van der Waals surface area contributed by atoms with E-state index < -0.39 is 0 Å². The maximum Gasteiger partial charge on any atom is 0.322 e. The SMILES string of the molecule is CC1CN(C(=O)Nc2ccccc2Br)CCO1. The maximum atomic E-state index is 12.0. The van der Waals surface area contributed by atoms with Gasteiger partial charge in [-0.2, -0.15) is 0 Å². The van der Waals surface area contributed by atoms with Crippen LogP contribution in [-0.2, 0) is 4.74 Å². The van der Waals surface area contributed by atoms with Crippen molar-refractivity contribution >= 4 is 27.6 Å². The van der Waals surface area contributed by atoms with E-state index in [9.17, 15) is 4.79 Å². The summed E-state index contributed by atoms with van der Waals surface area (Å²) in [4.78, 5) is 13.8. The molecule has 17 heavy (non-hydrogen) atoms. The normalized spacial score (nSPS) is 20.1. The van der Waals surface area contributed by atoms with Crippen molar-refractivity contribution in [1.29, 1.82) is 0 Å². The molecule has 1 saturated heterocycles. The minimum absolute atomic E-state index is 0.0768. The highest BCUT2D eigenvalue weighted by Crippen LogP contribution is 2.21. The van der Waals surface area contributed by atoms with Crippen molar-refractivity contribution in [3.63, 3.8) is 0 Å². The molecule has 1 unspecified atom stereocenters. The van der Waals surface area contributed by atoms with Gasteiger partial charge >= 0.3 is 6.03 Å². The number of anilines is 1. The number of morpholine rings is 1. The van der Waals surface area contributed by atoms with E-state index in [1.165, 1.54) is 0 Å². The van der Waals surface area contributed by atoms with Crippen molar-refractivity contribution in [3.8, 4) is 0 Å². The molecule has 1 N–H and O–H groups in total. The number of carbonyl (C=O) groups is 1. The molecule has 1 aliphatic rings. The average Bonchev–Trinajstić information content (AvgIpc) is 2.32. The lowest BCUT2D eigenvalue weighted by Gasteiger charge is -2.31. The Morgan fingerprint density at radius 1 is 1.53 bits per heavy atom. The van der Waals surface area contributed by atoms with E-state index in [4.69, 9.17) is 4.74 Å². The average molecular weight is 299 g/mol. The minimum atomic E-state index is -0.0768. The van der Waals surface area contributed by atoms with Crippen LogP contribution in [0.3, 0.4) is 0 Å². The summed E-state index contributed by atoms with van der Waals surface area (Å²) in [5, 5.41) is 2.89. The predicted octanol–water partition coefficient (Wildman–Crippen LogP) is 2.70. The number of nitrogens with one attached hydrogen (secondary N) is 1. The van der Waals surface area contributed by atoms with E-state index >= 15 is 0 Å². The molecule has 0 aliphatic carbocycles. The lowest BCUT2D eigenvalue weighted by Crippen LogP contribution is -2.46. The highest BCUT2D eigenvalue weighted by Gasteiger charge is 2.21. The Bertz CT molecular complexity index is 411. The number of ether oxygens (including phenoxy) is 1. The van der Waals surface area contributed by atoms with Gasteiger partial charge in [-0.15, -0.1) is 0 Å². The number of amides is 2. The zero-order valence-corrected chi connectivity index (χ0v) is 11.2. The molecule has 1 aliphatic heterocycles. The number of hydrogen-bond donors (Lipinski definition) is 1. The number of para-hydroxylation sites is 1. The van der Waals surface area contributed by atoms with E-state index in [2.05, 4.69) is 21.2 Å². The van der Waals surface area contributed by atoms with Crippen LogP contribution in [0.4, 0.5) is 10.5 Å². The number of rotatable bonds is 1. The quantitative estimate of drug-likeness (QED) is 0.866. The summed E-state index contributed by atoms with van der Waals surface area (Å²) in [5.41, 5.74) is 0.789. The first-order valence-corrected chi connectivity index (χ1v) is 6.38. The van der Waals surface area contributed by atoms with Crippen LogP contribution in [0.25, 0.3) is 0 Å².